The Morgan fingerprint density at radius 1 is 1.10 bits per heavy atom. The van der Waals surface area contributed by atoms with E-state index in [9.17, 15) is 5.11 Å². The van der Waals surface area contributed by atoms with Gasteiger partial charge in [0, 0.05) is 23.3 Å². The number of benzene rings is 1. The highest BCUT2D eigenvalue weighted by Gasteiger charge is 2.21. The Balaban J connectivity index is 2.20. The summed E-state index contributed by atoms with van der Waals surface area (Å²) in [6.45, 7) is 5.80. The fraction of sp³-hybridized carbons (Fsp3) is 0.235. The highest BCUT2D eigenvalue weighted by Crippen LogP contribution is 2.34. The van der Waals surface area contributed by atoms with Gasteiger partial charge in [-0.15, -0.1) is 0 Å². The molecule has 0 bridgehead atoms. The van der Waals surface area contributed by atoms with Crippen LogP contribution in [0.5, 0.6) is 0 Å². The third kappa shape index (κ3) is 1.91. The second kappa shape index (κ2) is 4.76. The van der Waals surface area contributed by atoms with Gasteiger partial charge in [0.2, 0.25) is 0 Å². The van der Waals surface area contributed by atoms with Gasteiger partial charge in [0.05, 0.1) is 0 Å². The van der Waals surface area contributed by atoms with Gasteiger partial charge in [0.1, 0.15) is 17.6 Å². The van der Waals surface area contributed by atoms with Crippen LogP contribution in [0.2, 0.25) is 0 Å². The van der Waals surface area contributed by atoms with Gasteiger partial charge >= 0.3 is 0 Å². The van der Waals surface area contributed by atoms with E-state index < -0.39 is 6.10 Å². The summed E-state index contributed by atoms with van der Waals surface area (Å²) in [6, 6.07) is 7.83. The standard InChI is InChI=1S/C17H17NO2/c1-10-11(2)20-12(3)16(10)17(19)15-6-4-5-13-9-18-8-7-14(13)15/h4-9,17,19H,1-3H3. The minimum absolute atomic E-state index is 0.682. The van der Waals surface area contributed by atoms with Crippen molar-refractivity contribution in [3.05, 3.63) is 64.9 Å². The van der Waals surface area contributed by atoms with Crippen LogP contribution in [0.25, 0.3) is 10.8 Å². The first kappa shape index (κ1) is 12.9. The Morgan fingerprint density at radius 2 is 1.90 bits per heavy atom. The van der Waals surface area contributed by atoms with Crippen LogP contribution in [0.15, 0.2) is 41.1 Å². The maximum Gasteiger partial charge on any atom is 0.108 e. The predicted molar refractivity (Wildman–Crippen MR) is 78.7 cm³/mol. The fourth-order valence-electron chi connectivity index (χ4n) is 2.75. The van der Waals surface area contributed by atoms with E-state index in [1.54, 1.807) is 6.20 Å². The lowest BCUT2D eigenvalue weighted by atomic mass is 9.94. The van der Waals surface area contributed by atoms with E-state index in [-0.39, 0.29) is 0 Å². The zero-order chi connectivity index (χ0) is 14.3. The minimum atomic E-state index is -0.682. The molecule has 0 aliphatic heterocycles. The molecule has 0 aliphatic rings. The molecule has 2 aromatic heterocycles. The number of rotatable bonds is 2. The topological polar surface area (TPSA) is 46.3 Å². The fourth-order valence-corrected chi connectivity index (χ4v) is 2.75. The number of aromatic nitrogens is 1. The molecule has 0 saturated carbocycles. The van der Waals surface area contributed by atoms with E-state index in [4.69, 9.17) is 4.42 Å². The van der Waals surface area contributed by atoms with Crippen molar-refractivity contribution in [3.8, 4) is 0 Å². The lowest BCUT2D eigenvalue weighted by Gasteiger charge is -2.14. The van der Waals surface area contributed by atoms with E-state index in [0.717, 1.165) is 39.0 Å². The minimum Gasteiger partial charge on any atom is -0.466 e. The Labute approximate surface area is 117 Å². The van der Waals surface area contributed by atoms with Gasteiger partial charge < -0.3 is 9.52 Å². The zero-order valence-electron chi connectivity index (χ0n) is 11.8. The summed E-state index contributed by atoms with van der Waals surface area (Å²) in [5, 5.41) is 12.8. The monoisotopic (exact) mass is 267 g/mol. The summed E-state index contributed by atoms with van der Waals surface area (Å²) in [4.78, 5) is 4.13. The van der Waals surface area contributed by atoms with E-state index in [0.29, 0.717) is 0 Å². The van der Waals surface area contributed by atoms with Crippen molar-refractivity contribution < 1.29 is 9.52 Å². The van der Waals surface area contributed by atoms with Crippen molar-refractivity contribution in [3.63, 3.8) is 0 Å². The molecule has 2 heterocycles. The molecule has 0 spiro atoms. The summed E-state index contributed by atoms with van der Waals surface area (Å²) in [7, 11) is 0. The Morgan fingerprint density at radius 3 is 2.60 bits per heavy atom. The maximum absolute atomic E-state index is 10.8. The number of pyridine rings is 1. The molecule has 0 fully saturated rings. The highest BCUT2D eigenvalue weighted by atomic mass is 16.3. The number of furan rings is 1. The van der Waals surface area contributed by atoms with E-state index in [2.05, 4.69) is 4.98 Å². The second-order valence-corrected chi connectivity index (χ2v) is 5.10. The smallest absolute Gasteiger partial charge is 0.108 e. The third-order valence-electron chi connectivity index (χ3n) is 3.90. The largest absolute Gasteiger partial charge is 0.466 e. The van der Waals surface area contributed by atoms with Crippen molar-refractivity contribution >= 4 is 10.8 Å². The van der Waals surface area contributed by atoms with Crippen molar-refractivity contribution in [1.29, 1.82) is 0 Å². The Hall–Kier alpha value is -2.13. The molecule has 3 rings (SSSR count). The molecular formula is C17H17NO2. The van der Waals surface area contributed by atoms with E-state index in [1.807, 2.05) is 51.2 Å². The van der Waals surface area contributed by atoms with Crippen LogP contribution >= 0.6 is 0 Å². The predicted octanol–water partition coefficient (Wildman–Crippen LogP) is 3.83. The molecule has 3 aromatic rings. The van der Waals surface area contributed by atoms with Crippen molar-refractivity contribution in [2.75, 3.05) is 0 Å². The van der Waals surface area contributed by atoms with Crippen LogP contribution in [-0.4, -0.2) is 10.1 Å². The number of nitrogens with zero attached hydrogens (tertiary/aromatic N) is 1. The van der Waals surface area contributed by atoms with Crippen LogP contribution in [0.4, 0.5) is 0 Å². The van der Waals surface area contributed by atoms with Gasteiger partial charge in [-0.3, -0.25) is 4.98 Å². The Bertz CT molecular complexity index is 769. The molecule has 102 valence electrons. The average molecular weight is 267 g/mol. The van der Waals surface area contributed by atoms with Crippen LogP contribution in [0.1, 0.15) is 34.3 Å². The second-order valence-electron chi connectivity index (χ2n) is 5.10. The number of aliphatic hydroxyl groups is 1. The zero-order valence-corrected chi connectivity index (χ0v) is 11.8. The third-order valence-corrected chi connectivity index (χ3v) is 3.90. The molecule has 0 amide bonds. The molecule has 3 heteroatoms. The lowest BCUT2D eigenvalue weighted by Crippen LogP contribution is -2.03. The van der Waals surface area contributed by atoms with Crippen molar-refractivity contribution in [2.45, 2.75) is 26.9 Å². The number of hydrogen-bond donors (Lipinski definition) is 1. The quantitative estimate of drug-likeness (QED) is 0.767. The SMILES string of the molecule is Cc1oc(C)c(C(O)c2cccc3cnccc23)c1C. The molecule has 1 aromatic carbocycles. The van der Waals surface area contributed by atoms with Crippen LogP contribution in [0.3, 0.4) is 0 Å². The van der Waals surface area contributed by atoms with Crippen molar-refractivity contribution in [1.82, 2.24) is 4.98 Å². The normalized spacial score (nSPS) is 12.8. The first-order valence-corrected chi connectivity index (χ1v) is 6.66. The van der Waals surface area contributed by atoms with E-state index >= 15 is 0 Å². The van der Waals surface area contributed by atoms with Crippen LogP contribution < -0.4 is 0 Å². The average Bonchev–Trinajstić information content (AvgIpc) is 2.71. The van der Waals surface area contributed by atoms with Gasteiger partial charge in [-0.25, -0.2) is 0 Å². The molecular weight excluding hydrogens is 250 g/mol. The van der Waals surface area contributed by atoms with Crippen molar-refractivity contribution in [2.24, 2.45) is 0 Å². The molecule has 0 saturated heterocycles. The number of hydrogen-bond acceptors (Lipinski definition) is 3. The molecule has 1 unspecified atom stereocenters. The molecule has 20 heavy (non-hydrogen) atoms. The molecule has 0 aliphatic carbocycles. The molecule has 1 atom stereocenters. The van der Waals surface area contributed by atoms with Gasteiger partial charge in [-0.1, -0.05) is 18.2 Å². The molecule has 3 nitrogen and oxygen atoms in total. The van der Waals surface area contributed by atoms with Gasteiger partial charge in [-0.2, -0.15) is 0 Å². The van der Waals surface area contributed by atoms with Gasteiger partial charge in [0.15, 0.2) is 0 Å². The lowest BCUT2D eigenvalue weighted by molar-refractivity contribution is 0.219. The maximum atomic E-state index is 10.8. The van der Waals surface area contributed by atoms with Crippen LogP contribution in [-0.2, 0) is 0 Å². The summed E-state index contributed by atoms with van der Waals surface area (Å²) >= 11 is 0. The number of fused-ring (bicyclic) bond motifs is 1. The Kier molecular flexibility index (Phi) is 3.07. The first-order chi connectivity index (χ1) is 9.59. The summed E-state index contributed by atoms with van der Waals surface area (Å²) < 4.78 is 5.63. The van der Waals surface area contributed by atoms with E-state index in [1.165, 1.54) is 0 Å². The van der Waals surface area contributed by atoms with Gasteiger partial charge in [-0.05, 0) is 43.4 Å². The molecule has 0 radical (unpaired) electrons. The van der Waals surface area contributed by atoms with Gasteiger partial charge in [0.25, 0.3) is 0 Å². The summed E-state index contributed by atoms with van der Waals surface area (Å²) in [5.41, 5.74) is 2.77. The van der Waals surface area contributed by atoms with Crippen LogP contribution in [0, 0.1) is 20.8 Å². The first-order valence-electron chi connectivity index (χ1n) is 6.66. The highest BCUT2D eigenvalue weighted by molar-refractivity contribution is 5.85. The summed E-state index contributed by atoms with van der Waals surface area (Å²) in [5.74, 6) is 1.64. The summed E-state index contributed by atoms with van der Waals surface area (Å²) in [6.07, 6.45) is 2.88. The number of aliphatic hydroxyl groups excluding tert-OH is 1. The molecule has 1 N–H and O–H groups in total. The number of aryl methyl sites for hydroxylation is 2.